The molecule has 2 aromatic rings. The van der Waals surface area contributed by atoms with Crippen LogP contribution >= 0.6 is 0 Å². The highest BCUT2D eigenvalue weighted by atomic mass is 16.5. The van der Waals surface area contributed by atoms with E-state index in [-0.39, 0.29) is 17.2 Å². The number of rotatable bonds is 4. The maximum Gasteiger partial charge on any atom is 0.323 e. The highest BCUT2D eigenvalue weighted by molar-refractivity contribution is 6.00. The van der Waals surface area contributed by atoms with Crippen LogP contribution < -0.4 is 20.9 Å². The summed E-state index contributed by atoms with van der Waals surface area (Å²) in [5.74, 6) is 1.42. The largest absolute Gasteiger partial charge is 0.495 e. The van der Waals surface area contributed by atoms with Gasteiger partial charge >= 0.3 is 6.03 Å². The molecule has 2 N–H and O–H groups in total. The van der Waals surface area contributed by atoms with E-state index in [1.807, 2.05) is 21.6 Å². The van der Waals surface area contributed by atoms with Gasteiger partial charge in [0.05, 0.1) is 12.8 Å². The van der Waals surface area contributed by atoms with Crippen LogP contribution in [0, 0.1) is 5.92 Å². The molecular weight excluding hydrogens is 446 g/mol. The van der Waals surface area contributed by atoms with Crippen molar-refractivity contribution in [1.82, 2.24) is 14.4 Å². The molecule has 0 radical (unpaired) electrons. The molecule has 5 rings (SSSR count). The predicted octanol–water partition coefficient (Wildman–Crippen LogP) is 2.93. The van der Waals surface area contributed by atoms with Crippen LogP contribution in [-0.4, -0.2) is 65.6 Å². The number of anilines is 2. The third-order valence-electron chi connectivity index (χ3n) is 7.66. The minimum atomic E-state index is -0.480. The smallest absolute Gasteiger partial charge is 0.323 e. The van der Waals surface area contributed by atoms with Gasteiger partial charge in [-0.3, -0.25) is 14.5 Å². The van der Waals surface area contributed by atoms with E-state index in [1.165, 1.54) is 0 Å². The lowest BCUT2D eigenvalue weighted by Crippen LogP contribution is -2.53. The highest BCUT2D eigenvalue weighted by Crippen LogP contribution is 2.37. The Bertz CT molecular complexity index is 1170. The van der Waals surface area contributed by atoms with Gasteiger partial charge in [-0.25, -0.2) is 4.79 Å². The number of hydrogen-bond donors (Lipinski definition) is 2. The fourth-order valence-corrected chi connectivity index (χ4v) is 5.95. The zero-order valence-corrected chi connectivity index (χ0v) is 20.3. The van der Waals surface area contributed by atoms with Crippen molar-refractivity contribution in [1.29, 1.82) is 0 Å². The average Bonchev–Trinajstić information content (AvgIpc) is 2.86. The number of amides is 3. The van der Waals surface area contributed by atoms with Crippen molar-refractivity contribution in [2.75, 3.05) is 43.9 Å². The summed E-state index contributed by atoms with van der Waals surface area (Å²) in [6.45, 7) is 5.87. The first-order valence-electron chi connectivity index (χ1n) is 12.4. The summed E-state index contributed by atoms with van der Waals surface area (Å²) < 4.78 is 7.13. The van der Waals surface area contributed by atoms with E-state index in [9.17, 15) is 14.4 Å². The van der Waals surface area contributed by atoms with E-state index < -0.39 is 6.03 Å². The fourth-order valence-electron chi connectivity index (χ4n) is 5.95. The fraction of sp³-hybridized carbons (Fsp3) is 0.500. The number of fused-ring (bicyclic) bond motifs is 4. The van der Waals surface area contributed by atoms with Crippen LogP contribution in [0.3, 0.4) is 0 Å². The zero-order valence-electron chi connectivity index (χ0n) is 20.3. The number of pyridine rings is 1. The number of benzene rings is 1. The topological polar surface area (TPSA) is 95.9 Å². The Hall–Kier alpha value is -3.33. The van der Waals surface area contributed by atoms with Gasteiger partial charge in [-0.2, -0.15) is 0 Å². The van der Waals surface area contributed by atoms with Crippen LogP contribution in [0.2, 0.25) is 0 Å². The third-order valence-corrected chi connectivity index (χ3v) is 7.66. The van der Waals surface area contributed by atoms with E-state index >= 15 is 0 Å². The van der Waals surface area contributed by atoms with Gasteiger partial charge in [0, 0.05) is 57.3 Å². The van der Waals surface area contributed by atoms with Crippen molar-refractivity contribution in [2.24, 2.45) is 5.92 Å². The summed E-state index contributed by atoms with van der Waals surface area (Å²) in [7, 11) is 1.54. The van der Waals surface area contributed by atoms with Gasteiger partial charge in [-0.05, 0) is 49.4 Å². The number of ether oxygens (including phenoxy) is 1. The third kappa shape index (κ3) is 4.77. The van der Waals surface area contributed by atoms with Crippen molar-refractivity contribution < 1.29 is 14.3 Å². The monoisotopic (exact) mass is 479 g/mol. The minimum absolute atomic E-state index is 0.157. The molecule has 3 aliphatic rings. The summed E-state index contributed by atoms with van der Waals surface area (Å²) in [4.78, 5) is 42.1. The Morgan fingerprint density at radius 1 is 0.971 bits per heavy atom. The van der Waals surface area contributed by atoms with Gasteiger partial charge in [0.1, 0.15) is 11.4 Å². The second-order valence-electron chi connectivity index (χ2n) is 9.86. The molecule has 0 spiro atoms. The lowest BCUT2D eigenvalue weighted by atomic mass is 9.82. The Balaban J connectivity index is 1.27. The van der Waals surface area contributed by atoms with Crippen LogP contribution in [0.25, 0.3) is 0 Å². The van der Waals surface area contributed by atoms with Crippen LogP contribution in [0.5, 0.6) is 5.75 Å². The molecule has 0 saturated carbocycles. The summed E-state index contributed by atoms with van der Waals surface area (Å²) in [6.07, 6.45) is 3.11. The van der Waals surface area contributed by atoms with Crippen molar-refractivity contribution in [3.63, 3.8) is 0 Å². The molecule has 2 saturated heterocycles. The Labute approximate surface area is 205 Å². The van der Waals surface area contributed by atoms with E-state index in [4.69, 9.17) is 4.74 Å². The average molecular weight is 480 g/mol. The summed E-state index contributed by atoms with van der Waals surface area (Å²) in [6, 6.07) is 10.9. The molecule has 4 heterocycles. The second-order valence-corrected chi connectivity index (χ2v) is 9.86. The van der Waals surface area contributed by atoms with Gasteiger partial charge in [0.15, 0.2) is 0 Å². The molecule has 35 heavy (non-hydrogen) atoms. The van der Waals surface area contributed by atoms with E-state index in [0.29, 0.717) is 35.9 Å². The van der Waals surface area contributed by atoms with Crippen LogP contribution in [0.4, 0.5) is 16.2 Å². The summed E-state index contributed by atoms with van der Waals surface area (Å²) in [5, 5.41) is 5.47. The number of hydrogen-bond acceptors (Lipinski definition) is 5. The Kier molecular flexibility index (Phi) is 6.51. The number of urea groups is 1. The first-order chi connectivity index (χ1) is 16.9. The number of para-hydroxylation sites is 2. The normalized spacial score (nSPS) is 22.3. The maximum atomic E-state index is 13.3. The highest BCUT2D eigenvalue weighted by Gasteiger charge is 2.38. The van der Waals surface area contributed by atoms with E-state index in [0.717, 1.165) is 51.1 Å². The van der Waals surface area contributed by atoms with Gasteiger partial charge in [0.2, 0.25) is 5.91 Å². The molecule has 2 atom stereocenters. The molecule has 3 aliphatic heterocycles. The molecule has 1 aromatic carbocycles. The number of carbonyl (C=O) groups is 2. The summed E-state index contributed by atoms with van der Waals surface area (Å²) in [5.41, 5.74) is 1.70. The van der Waals surface area contributed by atoms with Crippen LogP contribution in [0.1, 0.15) is 37.8 Å². The van der Waals surface area contributed by atoms with Crippen molar-refractivity contribution in [2.45, 2.75) is 44.7 Å². The SMILES string of the molecule is COc1ccccc1NC(=O)Nc1ccc2n(c1=O)CC1CC2CN(C2CCN(C(C)=O)CC2)C1. The minimum Gasteiger partial charge on any atom is -0.495 e. The van der Waals surface area contributed by atoms with Crippen LogP contribution in [-0.2, 0) is 11.3 Å². The van der Waals surface area contributed by atoms with Gasteiger partial charge in [0.25, 0.3) is 5.56 Å². The second kappa shape index (κ2) is 9.73. The standard InChI is InChI=1S/C26H33N5O4/c1-17(32)29-11-9-20(10-12-29)30-14-18-13-19(16-30)23-8-7-22(25(33)31(23)15-18)28-26(34)27-21-5-3-4-6-24(21)35-2/h3-8,18-20H,9-16H2,1-2H3,(H2,27,28,34). The molecule has 2 unspecified atom stereocenters. The van der Waals surface area contributed by atoms with Crippen molar-refractivity contribution >= 4 is 23.3 Å². The summed E-state index contributed by atoms with van der Waals surface area (Å²) >= 11 is 0. The number of piperidine rings is 2. The van der Waals surface area contributed by atoms with Crippen LogP contribution in [0.15, 0.2) is 41.2 Å². The number of nitrogens with zero attached hydrogens (tertiary/aromatic N) is 3. The molecule has 1 aromatic heterocycles. The van der Waals surface area contributed by atoms with Gasteiger partial charge < -0.3 is 24.8 Å². The molecule has 2 fully saturated rings. The number of nitrogens with one attached hydrogen (secondary N) is 2. The number of carbonyl (C=O) groups excluding carboxylic acids is 2. The van der Waals surface area contributed by atoms with E-state index in [1.54, 1.807) is 38.3 Å². The van der Waals surface area contributed by atoms with E-state index in [2.05, 4.69) is 15.5 Å². The van der Waals surface area contributed by atoms with Crippen molar-refractivity contribution in [3.05, 3.63) is 52.4 Å². The number of methoxy groups -OCH3 is 1. The molecule has 2 bridgehead atoms. The molecule has 3 amide bonds. The predicted molar refractivity (Wildman–Crippen MR) is 134 cm³/mol. The Morgan fingerprint density at radius 3 is 2.46 bits per heavy atom. The molecule has 9 heteroatoms. The van der Waals surface area contributed by atoms with Gasteiger partial charge in [-0.1, -0.05) is 12.1 Å². The lowest BCUT2D eigenvalue weighted by Gasteiger charge is -2.47. The first-order valence-corrected chi connectivity index (χ1v) is 12.4. The number of aromatic nitrogens is 1. The quantitative estimate of drug-likeness (QED) is 0.703. The van der Waals surface area contributed by atoms with Gasteiger partial charge in [-0.15, -0.1) is 0 Å². The Morgan fingerprint density at radius 2 is 1.71 bits per heavy atom. The molecule has 0 aliphatic carbocycles. The zero-order chi connectivity index (χ0) is 24.5. The molecular formula is C26H33N5O4. The lowest BCUT2D eigenvalue weighted by molar-refractivity contribution is -0.130. The molecule has 186 valence electrons. The first kappa shape index (κ1) is 23.4. The number of likely N-dealkylation sites (tertiary alicyclic amines) is 2. The maximum absolute atomic E-state index is 13.3. The molecule has 9 nitrogen and oxygen atoms in total. The van der Waals surface area contributed by atoms with Crippen molar-refractivity contribution in [3.8, 4) is 5.75 Å².